The third kappa shape index (κ3) is 4.71. The third-order valence-corrected chi connectivity index (χ3v) is 7.54. The van der Waals surface area contributed by atoms with Gasteiger partial charge >= 0.3 is 0 Å². The Labute approximate surface area is 176 Å². The second-order valence-corrected chi connectivity index (χ2v) is 9.74. The van der Waals surface area contributed by atoms with Crippen molar-refractivity contribution in [2.24, 2.45) is 0 Å². The van der Waals surface area contributed by atoms with Crippen LogP contribution in [0.4, 0.5) is 16.0 Å². The van der Waals surface area contributed by atoms with Crippen molar-refractivity contribution in [1.82, 2.24) is 19.4 Å². The summed E-state index contributed by atoms with van der Waals surface area (Å²) in [5.74, 6) is 0.812. The third-order valence-electron chi connectivity index (χ3n) is 5.72. The number of benzene rings is 1. The molecule has 2 aromatic rings. The first-order valence-electron chi connectivity index (χ1n) is 10.2. The van der Waals surface area contributed by atoms with Crippen LogP contribution < -0.4 is 9.80 Å². The number of sulfonamides is 1. The molecule has 0 aliphatic carbocycles. The molecule has 2 aliphatic rings. The van der Waals surface area contributed by atoms with Gasteiger partial charge in [-0.3, -0.25) is 0 Å². The maximum absolute atomic E-state index is 13.8. The zero-order chi connectivity index (χ0) is 21.1. The van der Waals surface area contributed by atoms with Crippen molar-refractivity contribution in [2.45, 2.75) is 5.75 Å². The highest BCUT2D eigenvalue weighted by molar-refractivity contribution is 7.88. The Morgan fingerprint density at radius 1 is 0.833 bits per heavy atom. The molecule has 162 valence electrons. The van der Waals surface area contributed by atoms with Crippen molar-refractivity contribution in [3.05, 3.63) is 47.8 Å². The average molecular weight is 435 g/mol. The molecule has 1 aromatic carbocycles. The predicted molar refractivity (Wildman–Crippen MR) is 115 cm³/mol. The summed E-state index contributed by atoms with van der Waals surface area (Å²) in [4.78, 5) is 6.55. The predicted octanol–water partition coefficient (Wildman–Crippen LogP) is 1.02. The van der Waals surface area contributed by atoms with Gasteiger partial charge in [0.1, 0.15) is 5.82 Å². The van der Waals surface area contributed by atoms with Crippen LogP contribution in [0.25, 0.3) is 0 Å². The molecule has 2 saturated heterocycles. The lowest BCUT2D eigenvalue weighted by atomic mass is 10.2. The van der Waals surface area contributed by atoms with E-state index in [1.807, 2.05) is 17.0 Å². The summed E-state index contributed by atoms with van der Waals surface area (Å²) in [5.41, 5.74) is 0.199. The minimum absolute atomic E-state index is 0.199. The Balaban J connectivity index is 1.34. The topological polar surface area (TPSA) is 72.9 Å². The molecule has 0 unspecified atom stereocenters. The molecule has 0 saturated carbocycles. The van der Waals surface area contributed by atoms with Crippen molar-refractivity contribution >= 4 is 21.7 Å². The van der Waals surface area contributed by atoms with Crippen molar-refractivity contribution in [2.75, 3.05) is 69.2 Å². The number of likely N-dealkylation sites (N-methyl/N-ethyl adjacent to an activating group) is 1. The lowest BCUT2D eigenvalue weighted by Gasteiger charge is -2.35. The van der Waals surface area contributed by atoms with E-state index < -0.39 is 15.8 Å². The van der Waals surface area contributed by atoms with Crippen LogP contribution in [0.15, 0.2) is 36.4 Å². The first kappa shape index (κ1) is 21.0. The molecular formula is C20H27FN6O2S. The number of nitrogens with zero attached hydrogens (tertiary/aromatic N) is 6. The number of hydrogen-bond acceptors (Lipinski definition) is 7. The lowest BCUT2D eigenvalue weighted by Crippen LogP contribution is -2.49. The molecule has 1 aromatic heterocycles. The Morgan fingerprint density at radius 3 is 1.90 bits per heavy atom. The van der Waals surface area contributed by atoms with E-state index in [0.29, 0.717) is 26.2 Å². The summed E-state index contributed by atoms with van der Waals surface area (Å²) in [6, 6.07) is 9.93. The SMILES string of the molecule is CN1CCN(c2ccc(N3CCN(S(=O)(=O)Cc4ccccc4F)CC3)nn2)CC1. The van der Waals surface area contributed by atoms with Gasteiger partial charge in [0.25, 0.3) is 0 Å². The summed E-state index contributed by atoms with van der Waals surface area (Å²) >= 11 is 0. The van der Waals surface area contributed by atoms with Crippen LogP contribution in [0.1, 0.15) is 5.56 Å². The molecule has 2 fully saturated rings. The molecule has 8 nitrogen and oxygen atoms in total. The molecule has 0 amide bonds. The van der Waals surface area contributed by atoms with Crippen molar-refractivity contribution < 1.29 is 12.8 Å². The van der Waals surface area contributed by atoms with E-state index >= 15 is 0 Å². The van der Waals surface area contributed by atoms with E-state index in [9.17, 15) is 12.8 Å². The van der Waals surface area contributed by atoms with Gasteiger partial charge in [0.2, 0.25) is 10.0 Å². The Bertz CT molecular complexity index is 956. The highest BCUT2D eigenvalue weighted by Gasteiger charge is 2.28. The molecule has 10 heteroatoms. The lowest BCUT2D eigenvalue weighted by molar-refractivity contribution is 0.312. The van der Waals surface area contributed by atoms with Crippen molar-refractivity contribution in [1.29, 1.82) is 0 Å². The van der Waals surface area contributed by atoms with Gasteiger partial charge in [0.15, 0.2) is 11.6 Å². The van der Waals surface area contributed by atoms with Gasteiger partial charge in [-0.05, 0) is 25.2 Å². The fourth-order valence-corrected chi connectivity index (χ4v) is 5.32. The fraction of sp³-hybridized carbons (Fsp3) is 0.500. The number of halogens is 1. The molecule has 0 spiro atoms. The van der Waals surface area contributed by atoms with Crippen LogP contribution in [0.2, 0.25) is 0 Å². The smallest absolute Gasteiger partial charge is 0.218 e. The maximum Gasteiger partial charge on any atom is 0.218 e. The summed E-state index contributed by atoms with van der Waals surface area (Å²) in [7, 11) is -1.46. The fourth-order valence-electron chi connectivity index (χ4n) is 3.79. The second-order valence-electron chi connectivity index (χ2n) is 7.77. The van der Waals surface area contributed by atoms with Crippen LogP contribution in [-0.4, -0.2) is 87.2 Å². The highest BCUT2D eigenvalue weighted by atomic mass is 32.2. The molecule has 0 radical (unpaired) electrons. The van der Waals surface area contributed by atoms with Gasteiger partial charge in [-0.1, -0.05) is 18.2 Å². The molecule has 0 N–H and O–H groups in total. The van der Waals surface area contributed by atoms with Crippen LogP contribution in [0, 0.1) is 5.82 Å². The monoisotopic (exact) mass is 434 g/mol. The minimum Gasteiger partial charge on any atom is -0.353 e. The largest absolute Gasteiger partial charge is 0.353 e. The number of aromatic nitrogens is 2. The maximum atomic E-state index is 13.8. The molecule has 3 heterocycles. The Kier molecular flexibility index (Phi) is 6.16. The van der Waals surface area contributed by atoms with Crippen LogP contribution >= 0.6 is 0 Å². The zero-order valence-corrected chi connectivity index (χ0v) is 17.9. The van der Waals surface area contributed by atoms with E-state index in [1.165, 1.54) is 16.4 Å². The van der Waals surface area contributed by atoms with Gasteiger partial charge in [-0.2, -0.15) is 4.31 Å². The normalized spacial score (nSPS) is 19.3. The molecule has 0 atom stereocenters. The molecule has 0 bridgehead atoms. The quantitative estimate of drug-likeness (QED) is 0.696. The van der Waals surface area contributed by atoms with Crippen LogP contribution in [-0.2, 0) is 15.8 Å². The van der Waals surface area contributed by atoms with Crippen LogP contribution in [0.5, 0.6) is 0 Å². The van der Waals surface area contributed by atoms with Gasteiger partial charge in [0.05, 0.1) is 5.75 Å². The molecule has 30 heavy (non-hydrogen) atoms. The first-order valence-corrected chi connectivity index (χ1v) is 11.8. The standard InChI is InChI=1S/C20H27FN6O2S/c1-24-8-10-25(11-9-24)19-6-7-20(23-22-19)26-12-14-27(15-13-26)30(28,29)16-17-4-2-3-5-18(17)21/h2-7H,8-16H2,1H3. The van der Waals surface area contributed by atoms with E-state index in [2.05, 4.69) is 27.0 Å². The molecule has 4 rings (SSSR count). The summed E-state index contributed by atoms with van der Waals surface area (Å²) in [6.07, 6.45) is 0. The van der Waals surface area contributed by atoms with Gasteiger partial charge < -0.3 is 14.7 Å². The summed E-state index contributed by atoms with van der Waals surface area (Å²) < 4.78 is 40.7. The first-order chi connectivity index (χ1) is 14.4. The zero-order valence-electron chi connectivity index (χ0n) is 17.1. The Morgan fingerprint density at radius 2 is 1.37 bits per heavy atom. The number of anilines is 2. The molecular weight excluding hydrogens is 407 g/mol. The number of piperazine rings is 2. The van der Waals surface area contributed by atoms with E-state index in [0.717, 1.165) is 37.8 Å². The minimum atomic E-state index is -3.57. The van der Waals surface area contributed by atoms with Gasteiger partial charge in [0, 0.05) is 57.9 Å². The average Bonchev–Trinajstić information content (AvgIpc) is 2.76. The highest BCUT2D eigenvalue weighted by Crippen LogP contribution is 2.20. The number of rotatable bonds is 5. The number of hydrogen-bond donors (Lipinski definition) is 0. The van der Waals surface area contributed by atoms with E-state index in [4.69, 9.17) is 0 Å². The van der Waals surface area contributed by atoms with Crippen molar-refractivity contribution in [3.63, 3.8) is 0 Å². The van der Waals surface area contributed by atoms with E-state index in [1.54, 1.807) is 12.1 Å². The van der Waals surface area contributed by atoms with Gasteiger partial charge in [-0.15, -0.1) is 10.2 Å². The molecule has 2 aliphatic heterocycles. The Hall–Kier alpha value is -2.30. The van der Waals surface area contributed by atoms with E-state index in [-0.39, 0.29) is 11.3 Å². The van der Waals surface area contributed by atoms with Crippen LogP contribution in [0.3, 0.4) is 0 Å². The van der Waals surface area contributed by atoms with Crippen molar-refractivity contribution in [3.8, 4) is 0 Å². The second kappa shape index (κ2) is 8.83. The van der Waals surface area contributed by atoms with Gasteiger partial charge in [-0.25, -0.2) is 12.8 Å². The summed E-state index contributed by atoms with van der Waals surface area (Å²) in [6.45, 7) is 5.63. The summed E-state index contributed by atoms with van der Waals surface area (Å²) in [5, 5.41) is 8.74.